The molecule has 26 heavy (non-hydrogen) atoms. The van der Waals surface area contributed by atoms with Crippen LogP contribution in [0.3, 0.4) is 0 Å². The first-order valence-corrected chi connectivity index (χ1v) is 9.04. The number of hydrogen-bond donors (Lipinski definition) is 1. The van der Waals surface area contributed by atoms with Gasteiger partial charge in [-0.1, -0.05) is 24.3 Å². The Bertz CT molecular complexity index is 699. The summed E-state index contributed by atoms with van der Waals surface area (Å²) in [6.07, 6.45) is 3.34. The second-order valence-corrected chi connectivity index (χ2v) is 7.13. The molecule has 0 aliphatic carbocycles. The van der Waals surface area contributed by atoms with E-state index in [1.54, 1.807) is 12.1 Å². The summed E-state index contributed by atoms with van der Waals surface area (Å²) in [5.74, 6) is 1.09. The molecule has 1 atom stereocenters. The summed E-state index contributed by atoms with van der Waals surface area (Å²) in [6, 6.07) is 14.7. The van der Waals surface area contributed by atoms with E-state index in [9.17, 15) is 4.39 Å². The second-order valence-electron chi connectivity index (χ2n) is 7.13. The molecule has 1 N–H and O–H groups in total. The van der Waals surface area contributed by atoms with E-state index < -0.39 is 0 Å². The maximum absolute atomic E-state index is 12.9. The predicted octanol–water partition coefficient (Wildman–Crippen LogP) is 4.45. The van der Waals surface area contributed by atoms with E-state index in [0.717, 1.165) is 50.3 Å². The van der Waals surface area contributed by atoms with Crippen molar-refractivity contribution in [2.75, 3.05) is 19.7 Å². The van der Waals surface area contributed by atoms with Crippen molar-refractivity contribution < 1.29 is 13.9 Å². The minimum absolute atomic E-state index is 0. The average Bonchev–Trinajstić information content (AvgIpc) is 3.06. The lowest BCUT2D eigenvalue weighted by atomic mass is 9.84. The van der Waals surface area contributed by atoms with E-state index >= 15 is 0 Å². The number of benzene rings is 2. The number of ether oxygens (including phenoxy) is 2. The highest BCUT2D eigenvalue weighted by atomic mass is 35.5. The third kappa shape index (κ3) is 4.37. The average molecular weight is 378 g/mol. The Morgan fingerprint density at radius 2 is 1.73 bits per heavy atom. The van der Waals surface area contributed by atoms with Crippen LogP contribution in [0.1, 0.15) is 36.3 Å². The van der Waals surface area contributed by atoms with Gasteiger partial charge in [0.1, 0.15) is 18.2 Å². The molecule has 2 saturated heterocycles. The summed E-state index contributed by atoms with van der Waals surface area (Å²) in [6.45, 7) is 3.38. The van der Waals surface area contributed by atoms with Gasteiger partial charge in [0.15, 0.2) is 0 Å². The maximum Gasteiger partial charge on any atom is 0.123 e. The molecule has 5 heteroatoms. The molecule has 2 aromatic rings. The van der Waals surface area contributed by atoms with Gasteiger partial charge in [0.05, 0.1) is 12.2 Å². The van der Waals surface area contributed by atoms with Crippen molar-refractivity contribution >= 4 is 12.4 Å². The Kier molecular flexibility index (Phi) is 6.17. The monoisotopic (exact) mass is 377 g/mol. The molecule has 2 aromatic carbocycles. The van der Waals surface area contributed by atoms with Crippen molar-refractivity contribution in [1.82, 2.24) is 5.32 Å². The van der Waals surface area contributed by atoms with Crippen LogP contribution < -0.4 is 10.1 Å². The van der Waals surface area contributed by atoms with Crippen LogP contribution in [-0.4, -0.2) is 25.3 Å². The lowest BCUT2D eigenvalue weighted by molar-refractivity contribution is -0.0193. The fraction of sp³-hybridized carbons (Fsp3) is 0.429. The number of rotatable bonds is 4. The highest BCUT2D eigenvalue weighted by molar-refractivity contribution is 5.85. The molecule has 140 valence electrons. The van der Waals surface area contributed by atoms with E-state index in [4.69, 9.17) is 9.47 Å². The van der Waals surface area contributed by atoms with Crippen molar-refractivity contribution in [3.8, 4) is 5.75 Å². The Hall–Kier alpha value is -1.62. The molecule has 3 nitrogen and oxygen atoms in total. The van der Waals surface area contributed by atoms with E-state index in [1.165, 1.54) is 17.7 Å². The molecule has 0 saturated carbocycles. The molecule has 0 bridgehead atoms. The van der Waals surface area contributed by atoms with Crippen LogP contribution >= 0.6 is 12.4 Å². The minimum Gasteiger partial charge on any atom is -0.489 e. The maximum atomic E-state index is 12.9. The lowest BCUT2D eigenvalue weighted by Crippen LogP contribution is -2.41. The molecule has 0 radical (unpaired) electrons. The number of hydrogen-bond acceptors (Lipinski definition) is 3. The van der Waals surface area contributed by atoms with Gasteiger partial charge in [-0.2, -0.15) is 0 Å². The molecule has 2 heterocycles. The standard InChI is InChI=1S/C21H24FNO2.ClH/c22-19-5-1-16(2-6-19)14-24-20-7-3-17(4-8-20)18-13-21(25-15-18)9-11-23-12-10-21;/h1-8,18,23H,9-15H2;1H/t18-;/m0./s1. The number of nitrogens with one attached hydrogen (secondary N) is 1. The third-order valence-corrected chi connectivity index (χ3v) is 5.39. The predicted molar refractivity (Wildman–Crippen MR) is 103 cm³/mol. The van der Waals surface area contributed by atoms with E-state index in [-0.39, 0.29) is 23.8 Å². The molecular formula is C21H25ClFNO2. The zero-order valence-corrected chi connectivity index (χ0v) is 15.6. The summed E-state index contributed by atoms with van der Waals surface area (Å²) >= 11 is 0. The zero-order valence-electron chi connectivity index (χ0n) is 14.7. The van der Waals surface area contributed by atoms with Crippen molar-refractivity contribution in [3.05, 3.63) is 65.5 Å². The van der Waals surface area contributed by atoms with Crippen LogP contribution in [0.5, 0.6) is 5.75 Å². The largest absolute Gasteiger partial charge is 0.489 e. The van der Waals surface area contributed by atoms with Crippen LogP contribution in [0.15, 0.2) is 48.5 Å². The Morgan fingerprint density at radius 3 is 2.42 bits per heavy atom. The molecule has 2 aliphatic rings. The normalized spacial score (nSPS) is 21.3. The van der Waals surface area contributed by atoms with Crippen LogP contribution in [0.25, 0.3) is 0 Å². The van der Waals surface area contributed by atoms with Crippen LogP contribution in [0.4, 0.5) is 4.39 Å². The van der Waals surface area contributed by atoms with Crippen molar-refractivity contribution in [1.29, 1.82) is 0 Å². The Labute approximate surface area is 160 Å². The first-order chi connectivity index (χ1) is 12.2. The molecule has 2 fully saturated rings. The summed E-state index contributed by atoms with van der Waals surface area (Å²) in [4.78, 5) is 0. The second kappa shape index (κ2) is 8.38. The van der Waals surface area contributed by atoms with Gasteiger partial charge in [0.25, 0.3) is 0 Å². The molecule has 1 spiro atoms. The molecular weight excluding hydrogens is 353 g/mol. The van der Waals surface area contributed by atoms with Crippen molar-refractivity contribution in [3.63, 3.8) is 0 Å². The van der Waals surface area contributed by atoms with Gasteiger partial charge in [0, 0.05) is 5.92 Å². The minimum atomic E-state index is -0.224. The molecule has 0 amide bonds. The van der Waals surface area contributed by atoms with Gasteiger partial charge in [-0.25, -0.2) is 4.39 Å². The molecule has 0 unspecified atom stereocenters. The van der Waals surface area contributed by atoms with Crippen molar-refractivity contribution in [2.24, 2.45) is 0 Å². The van der Waals surface area contributed by atoms with Gasteiger partial charge in [-0.05, 0) is 67.7 Å². The first kappa shape index (κ1) is 19.2. The SMILES string of the molecule is Cl.Fc1ccc(COc2ccc([C@@H]3COC4(CCNCC4)C3)cc2)cc1. The van der Waals surface area contributed by atoms with E-state index in [2.05, 4.69) is 17.4 Å². The smallest absolute Gasteiger partial charge is 0.123 e. The van der Waals surface area contributed by atoms with Crippen LogP contribution in [-0.2, 0) is 11.3 Å². The van der Waals surface area contributed by atoms with E-state index in [1.807, 2.05) is 12.1 Å². The quantitative estimate of drug-likeness (QED) is 0.853. The fourth-order valence-electron chi connectivity index (χ4n) is 3.87. The van der Waals surface area contributed by atoms with Crippen LogP contribution in [0, 0.1) is 5.82 Å². The molecule has 4 rings (SSSR count). The van der Waals surface area contributed by atoms with Gasteiger partial charge in [-0.15, -0.1) is 12.4 Å². The Balaban J connectivity index is 0.00000196. The highest BCUT2D eigenvalue weighted by Crippen LogP contribution is 2.41. The number of halogens is 2. The van der Waals surface area contributed by atoms with Gasteiger partial charge < -0.3 is 14.8 Å². The summed E-state index contributed by atoms with van der Waals surface area (Å²) in [7, 11) is 0. The third-order valence-electron chi connectivity index (χ3n) is 5.39. The topological polar surface area (TPSA) is 30.5 Å². The molecule has 0 aromatic heterocycles. The summed E-state index contributed by atoms with van der Waals surface area (Å²) < 4.78 is 24.9. The lowest BCUT2D eigenvalue weighted by Gasteiger charge is -2.33. The van der Waals surface area contributed by atoms with Gasteiger partial charge in [0.2, 0.25) is 0 Å². The van der Waals surface area contributed by atoms with E-state index in [0.29, 0.717) is 12.5 Å². The highest BCUT2D eigenvalue weighted by Gasteiger charge is 2.41. The molecule has 2 aliphatic heterocycles. The first-order valence-electron chi connectivity index (χ1n) is 9.04. The van der Waals surface area contributed by atoms with Crippen LogP contribution in [0.2, 0.25) is 0 Å². The van der Waals surface area contributed by atoms with Gasteiger partial charge >= 0.3 is 0 Å². The summed E-state index contributed by atoms with van der Waals surface area (Å²) in [5.41, 5.74) is 2.38. The summed E-state index contributed by atoms with van der Waals surface area (Å²) in [5, 5.41) is 3.41. The fourth-order valence-corrected chi connectivity index (χ4v) is 3.87. The van der Waals surface area contributed by atoms with Gasteiger partial charge in [-0.3, -0.25) is 0 Å². The Morgan fingerprint density at radius 1 is 1.04 bits per heavy atom. The number of piperidine rings is 1. The zero-order chi connectivity index (χ0) is 17.1. The van der Waals surface area contributed by atoms with Crippen molar-refractivity contribution in [2.45, 2.75) is 37.4 Å².